The van der Waals surface area contributed by atoms with Gasteiger partial charge < -0.3 is 20.1 Å². The third kappa shape index (κ3) is 5.69. The highest BCUT2D eigenvalue weighted by Gasteiger charge is 2.22. The molecule has 1 fully saturated rings. The highest BCUT2D eigenvalue weighted by atomic mass is 35.5. The van der Waals surface area contributed by atoms with E-state index in [1.54, 1.807) is 19.2 Å². The van der Waals surface area contributed by atoms with Crippen LogP contribution in [0.3, 0.4) is 0 Å². The van der Waals surface area contributed by atoms with Crippen LogP contribution in [0.1, 0.15) is 31.4 Å². The smallest absolute Gasteiger partial charge is 0.141 e. The van der Waals surface area contributed by atoms with Crippen molar-refractivity contribution in [2.45, 2.75) is 38.0 Å². The summed E-state index contributed by atoms with van der Waals surface area (Å²) in [6.07, 6.45) is 1.63. The fourth-order valence-electron chi connectivity index (χ4n) is 3.06. The molecule has 1 heterocycles. The van der Waals surface area contributed by atoms with E-state index in [0.29, 0.717) is 19.2 Å². The molecule has 4 nitrogen and oxygen atoms in total. The van der Waals surface area contributed by atoms with Crippen molar-refractivity contribution in [3.63, 3.8) is 0 Å². The molecule has 1 aromatic carbocycles. The highest BCUT2D eigenvalue weighted by Crippen LogP contribution is 2.22. The Kier molecular flexibility index (Phi) is 7.24. The van der Waals surface area contributed by atoms with Gasteiger partial charge in [-0.15, -0.1) is 0 Å². The zero-order chi connectivity index (χ0) is 16.8. The molecule has 0 spiro atoms. The minimum absolute atomic E-state index is 0.128. The molecule has 2 N–H and O–H groups in total. The molecule has 0 aliphatic carbocycles. The van der Waals surface area contributed by atoms with Crippen LogP contribution in [-0.4, -0.2) is 55.5 Å². The van der Waals surface area contributed by atoms with E-state index in [0.717, 1.165) is 31.5 Å². The first kappa shape index (κ1) is 18.6. The molecule has 1 saturated heterocycles. The maximum atomic E-state index is 13.2. The van der Waals surface area contributed by atoms with Gasteiger partial charge in [-0.2, -0.15) is 0 Å². The topological polar surface area (TPSA) is 44.7 Å². The maximum Gasteiger partial charge on any atom is 0.141 e. The molecule has 1 aromatic rings. The lowest BCUT2D eigenvalue weighted by atomic mass is 10.0. The van der Waals surface area contributed by atoms with Gasteiger partial charge in [0.1, 0.15) is 5.82 Å². The summed E-state index contributed by atoms with van der Waals surface area (Å²) in [5, 5.41) is 13.5. The second kappa shape index (κ2) is 8.94. The van der Waals surface area contributed by atoms with E-state index in [4.69, 9.17) is 16.3 Å². The molecular formula is C17H26ClFN2O2. The number of β-amino-alcohol motifs (C(OH)–C–C–N with tert-alkyl or cyclic N) is 1. The van der Waals surface area contributed by atoms with Crippen molar-refractivity contribution in [1.29, 1.82) is 0 Å². The number of rotatable bonds is 7. The van der Waals surface area contributed by atoms with Crippen LogP contribution in [0.4, 0.5) is 4.39 Å². The van der Waals surface area contributed by atoms with Crippen LogP contribution in [0.25, 0.3) is 0 Å². The van der Waals surface area contributed by atoms with E-state index in [-0.39, 0.29) is 16.9 Å². The Morgan fingerprint density at radius 3 is 2.74 bits per heavy atom. The fourth-order valence-corrected chi connectivity index (χ4v) is 3.25. The van der Waals surface area contributed by atoms with Crippen molar-refractivity contribution >= 4 is 11.6 Å². The first-order valence-corrected chi connectivity index (χ1v) is 8.47. The van der Waals surface area contributed by atoms with Crippen LogP contribution >= 0.6 is 11.6 Å². The summed E-state index contributed by atoms with van der Waals surface area (Å²) >= 11 is 5.85. The summed E-state index contributed by atoms with van der Waals surface area (Å²) < 4.78 is 18.2. The highest BCUT2D eigenvalue weighted by molar-refractivity contribution is 6.30. The number of hydrogen-bond donors (Lipinski definition) is 2. The molecule has 2 atom stereocenters. The first-order valence-electron chi connectivity index (χ1n) is 8.10. The number of aliphatic hydroxyl groups excluding tert-OH is 1. The van der Waals surface area contributed by atoms with E-state index in [1.165, 1.54) is 6.07 Å². The van der Waals surface area contributed by atoms with Gasteiger partial charge in [-0.1, -0.05) is 17.7 Å². The monoisotopic (exact) mass is 344 g/mol. The first-order chi connectivity index (χ1) is 11.0. The normalized spacial score (nSPS) is 19.7. The molecule has 0 amide bonds. The molecule has 2 unspecified atom stereocenters. The summed E-state index contributed by atoms with van der Waals surface area (Å²) in [7, 11) is 1.60. The summed E-state index contributed by atoms with van der Waals surface area (Å²) in [6.45, 7) is 5.01. The maximum absolute atomic E-state index is 13.2. The average Bonchev–Trinajstić information content (AvgIpc) is 2.52. The van der Waals surface area contributed by atoms with Crippen LogP contribution in [0.2, 0.25) is 5.02 Å². The van der Waals surface area contributed by atoms with Crippen molar-refractivity contribution in [3.05, 3.63) is 34.6 Å². The second-order valence-corrected chi connectivity index (χ2v) is 6.65. The molecule has 0 bridgehead atoms. The molecule has 1 aliphatic heterocycles. The van der Waals surface area contributed by atoms with Crippen LogP contribution in [0.15, 0.2) is 18.2 Å². The number of methoxy groups -OCH3 is 1. The predicted octanol–water partition coefficient (Wildman–Crippen LogP) is 2.60. The third-order valence-electron chi connectivity index (χ3n) is 4.34. The number of benzene rings is 1. The van der Waals surface area contributed by atoms with Crippen molar-refractivity contribution in [3.8, 4) is 0 Å². The van der Waals surface area contributed by atoms with Gasteiger partial charge >= 0.3 is 0 Å². The standard InChI is InChI=1S/C17H26ClFN2O2/c1-12(13-3-4-17(19)16(18)9-13)20-14-5-7-21(8-6-14)10-15(22)11-23-2/h3-4,9,12,14-15,20,22H,5-8,10-11H2,1-2H3. The number of halogens is 2. The van der Waals surface area contributed by atoms with Gasteiger partial charge in [0.2, 0.25) is 0 Å². The Balaban J connectivity index is 1.78. The number of piperidine rings is 1. The van der Waals surface area contributed by atoms with Crippen molar-refractivity contribution < 1.29 is 14.2 Å². The lowest BCUT2D eigenvalue weighted by molar-refractivity contribution is 0.0308. The SMILES string of the molecule is COCC(O)CN1CCC(NC(C)c2ccc(F)c(Cl)c2)CC1. The Morgan fingerprint density at radius 2 is 2.13 bits per heavy atom. The van der Waals surface area contributed by atoms with E-state index >= 15 is 0 Å². The van der Waals surface area contributed by atoms with Crippen LogP contribution in [0, 0.1) is 5.82 Å². The van der Waals surface area contributed by atoms with Crippen LogP contribution in [-0.2, 0) is 4.74 Å². The minimum Gasteiger partial charge on any atom is -0.389 e. The molecular weight excluding hydrogens is 319 g/mol. The van der Waals surface area contributed by atoms with Gasteiger partial charge in [-0.25, -0.2) is 4.39 Å². The number of aliphatic hydroxyl groups is 1. The Morgan fingerprint density at radius 1 is 1.43 bits per heavy atom. The van der Waals surface area contributed by atoms with Crippen molar-refractivity contribution in [1.82, 2.24) is 10.2 Å². The molecule has 6 heteroatoms. The molecule has 0 radical (unpaired) electrons. The van der Waals surface area contributed by atoms with E-state index in [2.05, 4.69) is 17.1 Å². The number of ether oxygens (including phenoxy) is 1. The number of nitrogens with zero attached hydrogens (tertiary/aromatic N) is 1. The quantitative estimate of drug-likeness (QED) is 0.798. The van der Waals surface area contributed by atoms with E-state index < -0.39 is 6.10 Å². The summed E-state index contributed by atoms with van der Waals surface area (Å²) in [5.74, 6) is -0.384. The number of likely N-dealkylation sites (tertiary alicyclic amines) is 1. The zero-order valence-electron chi connectivity index (χ0n) is 13.8. The Hall–Kier alpha value is -0.720. The molecule has 0 aromatic heterocycles. The van der Waals surface area contributed by atoms with Crippen LogP contribution < -0.4 is 5.32 Å². The fraction of sp³-hybridized carbons (Fsp3) is 0.647. The van der Waals surface area contributed by atoms with Crippen molar-refractivity contribution in [2.24, 2.45) is 0 Å². The second-order valence-electron chi connectivity index (χ2n) is 6.25. The molecule has 1 aliphatic rings. The molecule has 23 heavy (non-hydrogen) atoms. The van der Waals surface area contributed by atoms with Crippen molar-refractivity contribution in [2.75, 3.05) is 33.4 Å². The van der Waals surface area contributed by atoms with Gasteiger partial charge in [-0.3, -0.25) is 0 Å². The molecule has 2 rings (SSSR count). The third-order valence-corrected chi connectivity index (χ3v) is 4.63. The molecule has 0 saturated carbocycles. The lowest BCUT2D eigenvalue weighted by Crippen LogP contribution is -2.46. The number of hydrogen-bond acceptors (Lipinski definition) is 4. The lowest BCUT2D eigenvalue weighted by Gasteiger charge is -2.34. The van der Waals surface area contributed by atoms with Gasteiger partial charge in [0.05, 0.1) is 17.7 Å². The van der Waals surface area contributed by atoms with Gasteiger partial charge in [-0.05, 0) is 50.6 Å². The predicted molar refractivity (Wildman–Crippen MR) is 90.3 cm³/mol. The van der Waals surface area contributed by atoms with E-state index in [1.807, 2.05) is 0 Å². The van der Waals surface area contributed by atoms with Crippen LogP contribution in [0.5, 0.6) is 0 Å². The average molecular weight is 345 g/mol. The van der Waals surface area contributed by atoms with Gasteiger partial charge in [0.15, 0.2) is 0 Å². The molecule has 130 valence electrons. The number of nitrogens with one attached hydrogen (secondary N) is 1. The largest absolute Gasteiger partial charge is 0.389 e. The summed E-state index contributed by atoms with van der Waals surface area (Å²) in [6, 6.07) is 5.42. The summed E-state index contributed by atoms with van der Waals surface area (Å²) in [4.78, 5) is 2.27. The summed E-state index contributed by atoms with van der Waals surface area (Å²) in [5.41, 5.74) is 0.995. The Bertz CT molecular complexity index is 495. The minimum atomic E-state index is -0.426. The zero-order valence-corrected chi connectivity index (χ0v) is 14.5. The van der Waals surface area contributed by atoms with Gasteiger partial charge in [0, 0.05) is 25.7 Å². The van der Waals surface area contributed by atoms with E-state index in [9.17, 15) is 9.50 Å². The van der Waals surface area contributed by atoms with Gasteiger partial charge in [0.25, 0.3) is 0 Å². The Labute approximate surface area is 142 Å².